The zero-order valence-electron chi connectivity index (χ0n) is 11.0. The number of urea groups is 1. The van der Waals surface area contributed by atoms with Gasteiger partial charge in [0.1, 0.15) is 0 Å². The number of imide groups is 1. The summed E-state index contributed by atoms with van der Waals surface area (Å²) in [6, 6.07) is -0.488. The minimum atomic E-state index is -1.17. The zero-order valence-corrected chi connectivity index (χ0v) is 11.8. The summed E-state index contributed by atoms with van der Waals surface area (Å²) in [5.41, 5.74) is -0.0405. The zero-order chi connectivity index (χ0) is 14.4. The highest BCUT2D eigenvalue weighted by molar-refractivity contribution is 7.99. The van der Waals surface area contributed by atoms with Gasteiger partial charge in [0.15, 0.2) is 0 Å². The molecule has 0 aliphatic carbocycles. The van der Waals surface area contributed by atoms with E-state index in [1.54, 1.807) is 0 Å². The molecule has 7 heteroatoms. The van der Waals surface area contributed by atoms with Gasteiger partial charge in [0.2, 0.25) is 0 Å². The minimum absolute atomic E-state index is 0.0295. The number of rotatable bonds is 3. The summed E-state index contributed by atoms with van der Waals surface area (Å²) < 4.78 is 0. The molecule has 1 heterocycles. The van der Waals surface area contributed by atoms with Gasteiger partial charge in [-0.05, 0) is 38.2 Å². The Morgan fingerprint density at radius 2 is 1.68 bits per heavy atom. The largest absolute Gasteiger partial charge is 0.478 e. The molecule has 3 amide bonds. The summed E-state index contributed by atoms with van der Waals surface area (Å²) in [7, 11) is 0. The van der Waals surface area contributed by atoms with Crippen molar-refractivity contribution in [3.63, 3.8) is 0 Å². The number of carbonyl (C=O) groups excluding carboxylic acids is 2. The average molecular weight is 286 g/mol. The van der Waals surface area contributed by atoms with Crippen molar-refractivity contribution >= 4 is 29.7 Å². The molecule has 1 aliphatic heterocycles. The Labute approximate surface area is 116 Å². The van der Waals surface area contributed by atoms with Crippen LogP contribution in [-0.2, 0) is 9.59 Å². The molecule has 1 fully saturated rings. The quantitative estimate of drug-likeness (QED) is 0.676. The van der Waals surface area contributed by atoms with E-state index in [-0.39, 0.29) is 17.2 Å². The van der Waals surface area contributed by atoms with Crippen LogP contribution in [0.3, 0.4) is 0 Å². The molecule has 0 bridgehead atoms. The number of hydrogen-bond donors (Lipinski definition) is 3. The van der Waals surface area contributed by atoms with E-state index in [9.17, 15) is 14.4 Å². The summed E-state index contributed by atoms with van der Waals surface area (Å²) in [6.07, 6.45) is 1.77. The standard InChI is InChI=1S/C12H18N2O4S/c1-7(8(2)11(16)17)10(15)14-12(18)13-9-3-5-19-6-4-9/h9H,3-6H2,1-2H3,(H,16,17)(H2,13,14,15,18). The highest BCUT2D eigenvalue weighted by Crippen LogP contribution is 2.16. The lowest BCUT2D eigenvalue weighted by molar-refractivity contribution is -0.133. The van der Waals surface area contributed by atoms with E-state index in [2.05, 4.69) is 10.6 Å². The van der Waals surface area contributed by atoms with E-state index >= 15 is 0 Å². The van der Waals surface area contributed by atoms with Crippen molar-refractivity contribution in [3.05, 3.63) is 11.1 Å². The Balaban J connectivity index is 2.50. The van der Waals surface area contributed by atoms with E-state index in [0.29, 0.717) is 0 Å². The molecule has 19 heavy (non-hydrogen) atoms. The number of hydrogen-bond acceptors (Lipinski definition) is 4. The van der Waals surface area contributed by atoms with E-state index in [1.165, 1.54) is 13.8 Å². The fourth-order valence-corrected chi connectivity index (χ4v) is 2.70. The molecule has 1 saturated heterocycles. The number of carbonyl (C=O) groups is 3. The lowest BCUT2D eigenvalue weighted by Crippen LogP contribution is -2.46. The minimum Gasteiger partial charge on any atom is -0.478 e. The van der Waals surface area contributed by atoms with Crippen LogP contribution in [0.15, 0.2) is 11.1 Å². The van der Waals surface area contributed by atoms with Gasteiger partial charge in [-0.25, -0.2) is 9.59 Å². The third kappa shape index (κ3) is 4.94. The van der Waals surface area contributed by atoms with Gasteiger partial charge in [0.25, 0.3) is 5.91 Å². The number of carboxylic acids is 1. The summed E-state index contributed by atoms with van der Waals surface area (Å²) >= 11 is 1.84. The van der Waals surface area contributed by atoms with E-state index in [0.717, 1.165) is 24.3 Å². The van der Waals surface area contributed by atoms with Crippen LogP contribution < -0.4 is 10.6 Å². The molecule has 0 atom stereocenters. The summed E-state index contributed by atoms with van der Waals surface area (Å²) in [5, 5.41) is 13.6. The monoisotopic (exact) mass is 286 g/mol. The topological polar surface area (TPSA) is 95.5 Å². The molecule has 1 aliphatic rings. The van der Waals surface area contributed by atoms with Gasteiger partial charge < -0.3 is 10.4 Å². The molecular formula is C12H18N2O4S. The smallest absolute Gasteiger partial charge is 0.331 e. The van der Waals surface area contributed by atoms with Gasteiger partial charge in [-0.2, -0.15) is 11.8 Å². The fourth-order valence-electron chi connectivity index (χ4n) is 1.59. The number of aliphatic carboxylic acids is 1. The SMILES string of the molecule is CC(C(=O)O)=C(C)C(=O)NC(=O)NC1CCSCC1. The Kier molecular flexibility index (Phi) is 5.88. The van der Waals surface area contributed by atoms with Crippen molar-refractivity contribution < 1.29 is 19.5 Å². The van der Waals surface area contributed by atoms with Crippen molar-refractivity contribution in [1.29, 1.82) is 0 Å². The third-order valence-corrected chi connectivity index (χ3v) is 4.06. The molecular weight excluding hydrogens is 268 g/mol. The number of amides is 3. The first-order chi connectivity index (χ1) is 8.91. The van der Waals surface area contributed by atoms with Crippen LogP contribution in [0, 0.1) is 0 Å². The second-order valence-electron chi connectivity index (χ2n) is 4.37. The predicted octanol–water partition coefficient (Wildman–Crippen LogP) is 1.13. The number of carboxylic acid groups (broad SMARTS) is 1. The van der Waals surface area contributed by atoms with Crippen molar-refractivity contribution in [2.45, 2.75) is 32.7 Å². The molecule has 0 spiro atoms. The number of nitrogens with one attached hydrogen (secondary N) is 2. The normalized spacial score (nSPS) is 17.4. The van der Waals surface area contributed by atoms with Crippen molar-refractivity contribution in [2.75, 3.05) is 11.5 Å². The van der Waals surface area contributed by atoms with Crippen LogP contribution in [-0.4, -0.2) is 40.6 Å². The highest BCUT2D eigenvalue weighted by atomic mass is 32.2. The predicted molar refractivity (Wildman–Crippen MR) is 73.0 cm³/mol. The maximum Gasteiger partial charge on any atom is 0.331 e. The van der Waals surface area contributed by atoms with Crippen LogP contribution in [0.2, 0.25) is 0 Å². The van der Waals surface area contributed by atoms with Gasteiger partial charge >= 0.3 is 12.0 Å². The molecule has 6 nitrogen and oxygen atoms in total. The Morgan fingerprint density at radius 1 is 1.11 bits per heavy atom. The molecule has 0 aromatic heterocycles. The van der Waals surface area contributed by atoms with Crippen molar-refractivity contribution in [1.82, 2.24) is 10.6 Å². The van der Waals surface area contributed by atoms with E-state index in [4.69, 9.17) is 5.11 Å². The van der Waals surface area contributed by atoms with Crippen molar-refractivity contribution in [2.24, 2.45) is 0 Å². The molecule has 106 valence electrons. The first-order valence-electron chi connectivity index (χ1n) is 6.02. The first-order valence-corrected chi connectivity index (χ1v) is 7.17. The summed E-state index contributed by atoms with van der Waals surface area (Å²) in [5.74, 6) is 0.145. The highest BCUT2D eigenvalue weighted by Gasteiger charge is 2.19. The van der Waals surface area contributed by atoms with E-state index < -0.39 is 17.9 Å². The Hall–Kier alpha value is -1.50. The van der Waals surface area contributed by atoms with Gasteiger partial charge in [-0.1, -0.05) is 0 Å². The maximum atomic E-state index is 11.6. The lowest BCUT2D eigenvalue weighted by atomic mass is 10.1. The second kappa shape index (κ2) is 7.18. The van der Waals surface area contributed by atoms with Gasteiger partial charge in [-0.15, -0.1) is 0 Å². The van der Waals surface area contributed by atoms with Crippen LogP contribution in [0.1, 0.15) is 26.7 Å². The van der Waals surface area contributed by atoms with E-state index in [1.807, 2.05) is 11.8 Å². The van der Waals surface area contributed by atoms with Gasteiger partial charge in [0, 0.05) is 17.2 Å². The van der Waals surface area contributed by atoms with Crippen LogP contribution in [0.25, 0.3) is 0 Å². The average Bonchev–Trinajstić information content (AvgIpc) is 2.37. The third-order valence-electron chi connectivity index (χ3n) is 3.01. The Bertz CT molecular complexity index is 414. The van der Waals surface area contributed by atoms with Crippen LogP contribution in [0.5, 0.6) is 0 Å². The fraction of sp³-hybridized carbons (Fsp3) is 0.583. The molecule has 0 unspecified atom stereocenters. The van der Waals surface area contributed by atoms with Gasteiger partial charge in [0.05, 0.1) is 0 Å². The lowest BCUT2D eigenvalue weighted by Gasteiger charge is -2.22. The summed E-state index contributed by atoms with van der Waals surface area (Å²) in [6.45, 7) is 2.71. The molecule has 0 aromatic carbocycles. The number of thioether (sulfide) groups is 1. The summed E-state index contributed by atoms with van der Waals surface area (Å²) in [4.78, 5) is 33.9. The molecule has 0 radical (unpaired) electrons. The second-order valence-corrected chi connectivity index (χ2v) is 5.59. The first kappa shape index (κ1) is 15.6. The maximum absolute atomic E-state index is 11.6. The van der Waals surface area contributed by atoms with Crippen LogP contribution in [0.4, 0.5) is 4.79 Å². The van der Waals surface area contributed by atoms with Gasteiger partial charge in [-0.3, -0.25) is 10.1 Å². The molecule has 1 rings (SSSR count). The Morgan fingerprint density at radius 3 is 2.21 bits per heavy atom. The molecule has 3 N–H and O–H groups in total. The molecule has 0 saturated carbocycles. The van der Waals surface area contributed by atoms with Crippen molar-refractivity contribution in [3.8, 4) is 0 Å². The van der Waals surface area contributed by atoms with Crippen LogP contribution >= 0.6 is 11.8 Å². The molecule has 0 aromatic rings.